The minimum atomic E-state index is -0.142. The Labute approximate surface area is 205 Å². The first kappa shape index (κ1) is 27.7. The van der Waals surface area contributed by atoms with Crippen LogP contribution in [0.1, 0.15) is 108 Å². The first-order chi connectivity index (χ1) is 16.1. The van der Waals surface area contributed by atoms with E-state index >= 15 is 0 Å². The summed E-state index contributed by atoms with van der Waals surface area (Å²) in [6.07, 6.45) is 17.4. The largest absolute Gasteiger partial charge is 0.355 e. The van der Waals surface area contributed by atoms with Gasteiger partial charge in [-0.1, -0.05) is 96.1 Å². The fourth-order valence-corrected chi connectivity index (χ4v) is 5.48. The zero-order valence-corrected chi connectivity index (χ0v) is 21.6. The summed E-state index contributed by atoms with van der Waals surface area (Å²) in [4.78, 5) is 23.6. The Bertz CT molecular complexity index is 680. The second-order valence-electron chi connectivity index (χ2n) is 9.27. The molecule has 1 unspecified atom stereocenters. The van der Waals surface area contributed by atoms with Crippen molar-refractivity contribution in [2.45, 2.75) is 109 Å². The maximum absolute atomic E-state index is 12.5. The molecule has 0 radical (unpaired) electrons. The summed E-state index contributed by atoms with van der Waals surface area (Å²) in [5.41, 5.74) is 1.92. The highest BCUT2D eigenvalue weighted by Gasteiger charge is 2.30. The second kappa shape index (κ2) is 17.0. The fourth-order valence-electron chi connectivity index (χ4n) is 4.24. The number of nitrogens with one attached hydrogen (secondary N) is 3. The molecule has 1 aromatic carbocycles. The zero-order chi connectivity index (χ0) is 23.7. The molecule has 1 fully saturated rings. The molecule has 0 aliphatic carbocycles. The first-order valence-corrected chi connectivity index (χ1v) is 14.2. The van der Waals surface area contributed by atoms with E-state index in [1.807, 2.05) is 24.3 Å². The van der Waals surface area contributed by atoms with Gasteiger partial charge >= 0.3 is 0 Å². The molecular formula is C27H45N3O2S. The van der Waals surface area contributed by atoms with Crippen LogP contribution in [0.2, 0.25) is 0 Å². The molecule has 5 nitrogen and oxygen atoms in total. The highest BCUT2D eigenvalue weighted by Crippen LogP contribution is 2.33. The minimum absolute atomic E-state index is 0.0728. The summed E-state index contributed by atoms with van der Waals surface area (Å²) in [6, 6.07) is 7.67. The smallest absolute Gasteiger partial charge is 0.238 e. The van der Waals surface area contributed by atoms with Gasteiger partial charge in [-0.2, -0.15) is 0 Å². The van der Waals surface area contributed by atoms with Gasteiger partial charge in [-0.15, -0.1) is 11.8 Å². The van der Waals surface area contributed by atoms with Gasteiger partial charge in [0.1, 0.15) is 0 Å². The summed E-state index contributed by atoms with van der Waals surface area (Å²) in [7, 11) is 0. The number of hydrogen-bond acceptors (Lipinski definition) is 4. The van der Waals surface area contributed by atoms with Crippen LogP contribution in [0, 0.1) is 0 Å². The third-order valence-corrected chi connectivity index (χ3v) is 7.48. The van der Waals surface area contributed by atoms with Crippen molar-refractivity contribution in [3.8, 4) is 0 Å². The lowest BCUT2D eigenvalue weighted by Crippen LogP contribution is -2.42. The molecular weight excluding hydrogens is 430 g/mol. The SMILES string of the molecule is CCCCCCCCCCCCCCCNC(=O)[C@@H]1CSC(c2ccc(NC(C)=O)cc2)N1. The number of carbonyl (C=O) groups excluding carboxylic acids is 2. The molecule has 2 rings (SSSR count). The topological polar surface area (TPSA) is 70.2 Å². The van der Waals surface area contributed by atoms with E-state index in [9.17, 15) is 9.59 Å². The van der Waals surface area contributed by atoms with E-state index in [2.05, 4.69) is 22.9 Å². The van der Waals surface area contributed by atoms with Crippen molar-refractivity contribution < 1.29 is 9.59 Å². The van der Waals surface area contributed by atoms with Crippen LogP contribution < -0.4 is 16.0 Å². The predicted molar refractivity (Wildman–Crippen MR) is 142 cm³/mol. The molecule has 2 atom stereocenters. The molecule has 1 aromatic rings. The monoisotopic (exact) mass is 475 g/mol. The Kier molecular flexibility index (Phi) is 14.3. The number of thioether (sulfide) groups is 1. The average molecular weight is 476 g/mol. The third kappa shape index (κ3) is 11.9. The third-order valence-electron chi connectivity index (χ3n) is 6.21. The van der Waals surface area contributed by atoms with Crippen LogP contribution in [0.15, 0.2) is 24.3 Å². The number of hydrogen-bond donors (Lipinski definition) is 3. The Morgan fingerprint density at radius 2 is 1.42 bits per heavy atom. The summed E-state index contributed by atoms with van der Waals surface area (Å²) >= 11 is 1.76. The standard InChI is InChI=1S/C27H45N3O2S/c1-3-4-5-6-7-8-9-10-11-12-13-14-15-20-28-26(32)25-21-33-27(30-25)23-16-18-24(19-17-23)29-22(2)31/h16-19,25,27,30H,3-15,20-21H2,1-2H3,(H,28,32)(H,29,31)/t25-,27?/m0/s1. The number of rotatable bonds is 17. The summed E-state index contributed by atoms with van der Waals surface area (Å²) in [5.74, 6) is 0.817. The number of amides is 2. The lowest BCUT2D eigenvalue weighted by atomic mass is 10.0. The molecule has 0 spiro atoms. The predicted octanol–water partition coefficient (Wildman–Crippen LogP) is 6.56. The minimum Gasteiger partial charge on any atom is -0.355 e. The van der Waals surface area contributed by atoms with Crippen LogP contribution in [-0.4, -0.2) is 30.2 Å². The number of anilines is 1. The van der Waals surface area contributed by atoms with E-state index in [0.717, 1.165) is 30.0 Å². The molecule has 1 aliphatic rings. The normalized spacial score (nSPS) is 17.8. The molecule has 1 saturated heterocycles. The number of carbonyl (C=O) groups is 2. The lowest BCUT2D eigenvalue weighted by Gasteiger charge is -2.14. The van der Waals surface area contributed by atoms with Gasteiger partial charge in [0, 0.05) is 24.9 Å². The van der Waals surface area contributed by atoms with E-state index in [1.165, 1.54) is 84.0 Å². The molecule has 33 heavy (non-hydrogen) atoms. The van der Waals surface area contributed by atoms with Crippen molar-refractivity contribution in [3.05, 3.63) is 29.8 Å². The zero-order valence-electron chi connectivity index (χ0n) is 20.8. The van der Waals surface area contributed by atoms with E-state index in [4.69, 9.17) is 0 Å². The van der Waals surface area contributed by atoms with Crippen LogP contribution in [0.5, 0.6) is 0 Å². The molecule has 6 heteroatoms. The lowest BCUT2D eigenvalue weighted by molar-refractivity contribution is -0.122. The van der Waals surface area contributed by atoms with Gasteiger partial charge in [0.2, 0.25) is 11.8 Å². The van der Waals surface area contributed by atoms with Gasteiger partial charge in [0.15, 0.2) is 0 Å². The second-order valence-corrected chi connectivity index (χ2v) is 10.4. The van der Waals surface area contributed by atoms with Crippen molar-refractivity contribution in [2.24, 2.45) is 0 Å². The van der Waals surface area contributed by atoms with Crippen molar-refractivity contribution >= 4 is 29.3 Å². The molecule has 0 saturated carbocycles. The molecule has 1 heterocycles. The highest BCUT2D eigenvalue weighted by atomic mass is 32.2. The Morgan fingerprint density at radius 3 is 1.97 bits per heavy atom. The summed E-state index contributed by atoms with van der Waals surface area (Å²) < 4.78 is 0. The van der Waals surface area contributed by atoms with E-state index in [0.29, 0.717) is 0 Å². The van der Waals surface area contributed by atoms with Crippen molar-refractivity contribution in [2.75, 3.05) is 17.6 Å². The Hall–Kier alpha value is -1.53. The van der Waals surface area contributed by atoms with Crippen molar-refractivity contribution in [3.63, 3.8) is 0 Å². The van der Waals surface area contributed by atoms with Crippen molar-refractivity contribution in [1.29, 1.82) is 0 Å². The van der Waals surface area contributed by atoms with Crippen LogP contribution in [0.3, 0.4) is 0 Å². The fraction of sp³-hybridized carbons (Fsp3) is 0.704. The molecule has 0 aromatic heterocycles. The van der Waals surface area contributed by atoms with Gasteiger partial charge < -0.3 is 10.6 Å². The quantitative estimate of drug-likeness (QED) is 0.223. The van der Waals surface area contributed by atoms with Gasteiger partial charge in [-0.25, -0.2) is 0 Å². The van der Waals surface area contributed by atoms with Crippen LogP contribution in [0.25, 0.3) is 0 Å². The molecule has 0 bridgehead atoms. The molecule has 186 valence electrons. The van der Waals surface area contributed by atoms with Gasteiger partial charge in [-0.05, 0) is 24.1 Å². The molecule has 3 N–H and O–H groups in total. The van der Waals surface area contributed by atoms with Gasteiger partial charge in [0.25, 0.3) is 0 Å². The Balaban J connectivity index is 1.46. The highest BCUT2D eigenvalue weighted by molar-refractivity contribution is 7.99. The summed E-state index contributed by atoms with van der Waals surface area (Å²) in [6.45, 7) is 4.55. The van der Waals surface area contributed by atoms with E-state index < -0.39 is 0 Å². The van der Waals surface area contributed by atoms with Gasteiger partial charge in [-0.3, -0.25) is 14.9 Å². The number of benzene rings is 1. The average Bonchev–Trinajstić information content (AvgIpc) is 3.30. The van der Waals surface area contributed by atoms with Crippen LogP contribution in [-0.2, 0) is 9.59 Å². The van der Waals surface area contributed by atoms with Crippen LogP contribution >= 0.6 is 11.8 Å². The number of unbranched alkanes of at least 4 members (excludes halogenated alkanes) is 12. The van der Waals surface area contributed by atoms with Crippen molar-refractivity contribution in [1.82, 2.24) is 10.6 Å². The summed E-state index contributed by atoms with van der Waals surface area (Å²) in [5, 5.41) is 9.43. The maximum atomic E-state index is 12.5. The van der Waals surface area contributed by atoms with E-state index in [1.54, 1.807) is 11.8 Å². The maximum Gasteiger partial charge on any atom is 0.238 e. The van der Waals surface area contributed by atoms with Crippen LogP contribution in [0.4, 0.5) is 5.69 Å². The van der Waals surface area contributed by atoms with Gasteiger partial charge in [0.05, 0.1) is 11.4 Å². The van der Waals surface area contributed by atoms with E-state index in [-0.39, 0.29) is 23.2 Å². The molecule has 2 amide bonds. The molecule has 1 aliphatic heterocycles. The first-order valence-electron chi connectivity index (χ1n) is 13.1. The Morgan fingerprint density at radius 1 is 0.879 bits per heavy atom.